The molecule has 0 spiro atoms. The zero-order chi connectivity index (χ0) is 16.8. The smallest absolute Gasteiger partial charge is 0.228 e. The van der Waals surface area contributed by atoms with Gasteiger partial charge >= 0.3 is 0 Å². The lowest BCUT2D eigenvalue weighted by Gasteiger charge is -2.27. The van der Waals surface area contributed by atoms with Crippen LogP contribution in [-0.2, 0) is 16.0 Å². The van der Waals surface area contributed by atoms with Crippen LogP contribution >= 0.6 is 0 Å². The van der Waals surface area contributed by atoms with Gasteiger partial charge in [-0.05, 0) is 18.2 Å². The molecule has 1 amide bonds. The molecule has 3 rings (SSSR count). The number of ether oxygens (including phenoxy) is 2. The van der Waals surface area contributed by atoms with E-state index in [1.807, 2.05) is 36.4 Å². The number of hydrogen-bond acceptors (Lipinski definition) is 5. The van der Waals surface area contributed by atoms with Crippen molar-refractivity contribution in [1.29, 1.82) is 0 Å². The van der Waals surface area contributed by atoms with Crippen molar-refractivity contribution in [3.05, 3.63) is 48.2 Å². The van der Waals surface area contributed by atoms with Gasteiger partial charge in [0.25, 0.3) is 0 Å². The maximum Gasteiger partial charge on any atom is 0.228 e. The molecule has 2 heterocycles. The minimum Gasteiger partial charge on any atom is -0.496 e. The normalized spacial score (nSPS) is 14.3. The summed E-state index contributed by atoms with van der Waals surface area (Å²) in [6.45, 7) is 3.12. The van der Waals surface area contributed by atoms with Crippen LogP contribution in [0.4, 0.5) is 11.5 Å². The zero-order valence-corrected chi connectivity index (χ0v) is 13.7. The Kier molecular flexibility index (Phi) is 5.28. The monoisotopic (exact) mass is 327 g/mol. The Labute approximate surface area is 141 Å². The van der Waals surface area contributed by atoms with Crippen molar-refractivity contribution in [2.75, 3.05) is 43.6 Å². The van der Waals surface area contributed by atoms with Crippen molar-refractivity contribution in [1.82, 2.24) is 4.98 Å². The van der Waals surface area contributed by atoms with Crippen LogP contribution in [0.3, 0.4) is 0 Å². The maximum atomic E-state index is 12.2. The highest BCUT2D eigenvalue weighted by atomic mass is 16.5. The molecule has 126 valence electrons. The Balaban J connectivity index is 1.60. The van der Waals surface area contributed by atoms with Crippen molar-refractivity contribution < 1.29 is 14.3 Å². The largest absolute Gasteiger partial charge is 0.496 e. The maximum absolute atomic E-state index is 12.2. The molecule has 1 fully saturated rings. The molecule has 1 saturated heterocycles. The van der Waals surface area contributed by atoms with Crippen LogP contribution in [-0.4, -0.2) is 44.3 Å². The summed E-state index contributed by atoms with van der Waals surface area (Å²) in [6.07, 6.45) is 1.94. The zero-order valence-electron chi connectivity index (χ0n) is 13.7. The van der Waals surface area contributed by atoms with E-state index in [1.54, 1.807) is 13.3 Å². The molecular weight excluding hydrogens is 306 g/mol. The van der Waals surface area contributed by atoms with Gasteiger partial charge in [0.1, 0.15) is 11.6 Å². The Morgan fingerprint density at radius 3 is 2.75 bits per heavy atom. The number of morpholine rings is 1. The molecule has 0 aliphatic carbocycles. The fourth-order valence-electron chi connectivity index (χ4n) is 2.67. The standard InChI is InChI=1S/C18H21N3O3/c1-23-16-5-3-2-4-14(16)12-18(22)20-15-6-7-17(19-13-15)21-8-10-24-11-9-21/h2-7,13H,8-12H2,1H3,(H,20,22). The predicted octanol–water partition coefficient (Wildman–Crippen LogP) is 2.11. The summed E-state index contributed by atoms with van der Waals surface area (Å²) in [4.78, 5) is 18.8. The van der Waals surface area contributed by atoms with Crippen LogP contribution in [0, 0.1) is 0 Å². The molecule has 0 atom stereocenters. The Hall–Kier alpha value is -2.60. The number of amides is 1. The van der Waals surface area contributed by atoms with E-state index in [0.717, 1.165) is 37.7 Å². The fraction of sp³-hybridized carbons (Fsp3) is 0.333. The van der Waals surface area contributed by atoms with Crippen LogP contribution in [0.25, 0.3) is 0 Å². The summed E-state index contributed by atoms with van der Waals surface area (Å²) in [6, 6.07) is 11.3. The van der Waals surface area contributed by atoms with Crippen LogP contribution in [0.5, 0.6) is 5.75 Å². The highest BCUT2D eigenvalue weighted by Crippen LogP contribution is 2.19. The number of rotatable bonds is 5. The first-order valence-corrected chi connectivity index (χ1v) is 7.97. The molecule has 0 radical (unpaired) electrons. The van der Waals surface area contributed by atoms with Gasteiger partial charge in [0.2, 0.25) is 5.91 Å². The number of aromatic nitrogens is 1. The summed E-state index contributed by atoms with van der Waals surface area (Å²) < 4.78 is 10.6. The van der Waals surface area contributed by atoms with Crippen molar-refractivity contribution in [3.8, 4) is 5.75 Å². The SMILES string of the molecule is COc1ccccc1CC(=O)Nc1ccc(N2CCOCC2)nc1. The lowest BCUT2D eigenvalue weighted by molar-refractivity contribution is -0.115. The highest BCUT2D eigenvalue weighted by molar-refractivity contribution is 5.92. The number of nitrogens with one attached hydrogen (secondary N) is 1. The Morgan fingerprint density at radius 1 is 1.25 bits per heavy atom. The lowest BCUT2D eigenvalue weighted by atomic mass is 10.1. The summed E-state index contributed by atoms with van der Waals surface area (Å²) in [5.41, 5.74) is 1.54. The number of benzene rings is 1. The second-order valence-electron chi connectivity index (χ2n) is 5.54. The lowest BCUT2D eigenvalue weighted by Crippen LogP contribution is -2.36. The van der Waals surface area contributed by atoms with Crippen molar-refractivity contribution in [3.63, 3.8) is 0 Å². The molecular formula is C18H21N3O3. The van der Waals surface area contributed by atoms with Gasteiger partial charge in [-0.3, -0.25) is 4.79 Å². The molecule has 24 heavy (non-hydrogen) atoms. The van der Waals surface area contributed by atoms with E-state index in [4.69, 9.17) is 9.47 Å². The number of pyridine rings is 1. The van der Waals surface area contributed by atoms with Gasteiger partial charge in [0.05, 0.1) is 38.6 Å². The number of anilines is 2. The van der Waals surface area contributed by atoms with E-state index in [2.05, 4.69) is 15.2 Å². The van der Waals surface area contributed by atoms with Gasteiger partial charge in [-0.2, -0.15) is 0 Å². The predicted molar refractivity (Wildman–Crippen MR) is 92.6 cm³/mol. The first kappa shape index (κ1) is 16.3. The Morgan fingerprint density at radius 2 is 2.04 bits per heavy atom. The van der Waals surface area contributed by atoms with E-state index in [9.17, 15) is 4.79 Å². The van der Waals surface area contributed by atoms with E-state index in [-0.39, 0.29) is 12.3 Å². The van der Waals surface area contributed by atoms with Crippen LogP contribution in [0.15, 0.2) is 42.6 Å². The van der Waals surface area contributed by atoms with E-state index >= 15 is 0 Å². The quantitative estimate of drug-likeness (QED) is 0.911. The van der Waals surface area contributed by atoms with Crippen molar-refractivity contribution in [2.45, 2.75) is 6.42 Å². The van der Waals surface area contributed by atoms with Crippen molar-refractivity contribution >= 4 is 17.4 Å². The summed E-state index contributed by atoms with van der Waals surface area (Å²) in [5.74, 6) is 1.52. The molecule has 2 aromatic rings. The molecule has 1 aromatic heterocycles. The molecule has 1 aliphatic heterocycles. The van der Waals surface area contributed by atoms with Gasteiger partial charge in [-0.25, -0.2) is 4.98 Å². The van der Waals surface area contributed by atoms with Gasteiger partial charge in [-0.1, -0.05) is 18.2 Å². The minimum absolute atomic E-state index is 0.0968. The van der Waals surface area contributed by atoms with E-state index in [1.165, 1.54) is 0 Å². The first-order chi connectivity index (χ1) is 11.8. The van der Waals surface area contributed by atoms with E-state index < -0.39 is 0 Å². The molecule has 0 bridgehead atoms. The molecule has 0 unspecified atom stereocenters. The second kappa shape index (κ2) is 7.79. The number of nitrogens with zero attached hydrogens (tertiary/aromatic N) is 2. The van der Waals surface area contributed by atoms with Crippen LogP contribution < -0.4 is 15.0 Å². The minimum atomic E-state index is -0.0968. The van der Waals surface area contributed by atoms with Gasteiger partial charge < -0.3 is 19.7 Å². The summed E-state index contributed by atoms with van der Waals surface area (Å²) in [7, 11) is 1.60. The third-order valence-electron chi connectivity index (χ3n) is 3.91. The molecule has 1 aliphatic rings. The third kappa shape index (κ3) is 4.02. The van der Waals surface area contributed by atoms with Gasteiger partial charge in [0, 0.05) is 18.7 Å². The van der Waals surface area contributed by atoms with Crippen molar-refractivity contribution in [2.24, 2.45) is 0 Å². The topological polar surface area (TPSA) is 63.7 Å². The molecule has 0 saturated carbocycles. The molecule has 6 heteroatoms. The first-order valence-electron chi connectivity index (χ1n) is 7.97. The number of hydrogen-bond donors (Lipinski definition) is 1. The molecule has 1 aromatic carbocycles. The summed E-state index contributed by atoms with van der Waals surface area (Å²) in [5, 5.41) is 2.87. The third-order valence-corrected chi connectivity index (χ3v) is 3.91. The van der Waals surface area contributed by atoms with E-state index in [0.29, 0.717) is 11.4 Å². The number of methoxy groups -OCH3 is 1. The fourth-order valence-corrected chi connectivity index (χ4v) is 2.67. The van der Waals surface area contributed by atoms with Gasteiger partial charge in [0.15, 0.2) is 0 Å². The van der Waals surface area contributed by atoms with Crippen LogP contribution in [0.2, 0.25) is 0 Å². The average Bonchev–Trinajstić information content (AvgIpc) is 2.63. The highest BCUT2D eigenvalue weighted by Gasteiger charge is 2.13. The molecule has 1 N–H and O–H groups in total. The molecule has 6 nitrogen and oxygen atoms in total. The number of carbonyl (C=O) groups is 1. The summed E-state index contributed by atoms with van der Waals surface area (Å²) >= 11 is 0. The Bertz CT molecular complexity index is 682. The number of carbonyl (C=O) groups excluding carboxylic acids is 1. The van der Waals surface area contributed by atoms with Crippen LogP contribution in [0.1, 0.15) is 5.56 Å². The average molecular weight is 327 g/mol. The second-order valence-corrected chi connectivity index (χ2v) is 5.54. The number of para-hydroxylation sites is 1. The van der Waals surface area contributed by atoms with Gasteiger partial charge in [-0.15, -0.1) is 0 Å².